The van der Waals surface area contributed by atoms with Crippen molar-refractivity contribution in [2.45, 2.75) is 0 Å². The molecule has 0 N–H and O–H groups in total. The van der Waals surface area contributed by atoms with Gasteiger partial charge in [-0.25, -0.2) is 0 Å². The first kappa shape index (κ1) is 27.2. The van der Waals surface area contributed by atoms with E-state index in [9.17, 15) is 0 Å². The molecule has 7 aromatic rings. The number of benzene rings is 7. The Morgan fingerprint density at radius 3 is 1.54 bits per heavy atom. The van der Waals surface area contributed by atoms with Crippen LogP contribution in [0.15, 0.2) is 182 Å². The highest BCUT2D eigenvalue weighted by Crippen LogP contribution is 2.41. The molecule has 0 heteroatoms. The molecule has 0 saturated carbocycles. The third-order valence-corrected chi connectivity index (χ3v) is 10.6. The second-order valence-electron chi connectivity index (χ2n) is 13.2. The number of hydrogen-bond acceptors (Lipinski definition) is 0. The third-order valence-electron chi connectivity index (χ3n) is 10.6. The van der Waals surface area contributed by atoms with Crippen molar-refractivity contribution in [2.75, 3.05) is 0 Å². The zero-order valence-corrected chi connectivity index (χ0v) is 26.5. The van der Waals surface area contributed by atoms with Crippen molar-refractivity contribution in [2.24, 2.45) is 11.8 Å². The summed E-state index contributed by atoms with van der Waals surface area (Å²) in [4.78, 5) is 0. The zero-order valence-electron chi connectivity index (χ0n) is 26.5. The Morgan fingerprint density at radius 2 is 0.854 bits per heavy atom. The monoisotopic (exact) mass is 608 g/mol. The number of allylic oxidation sites excluding steroid dienone is 8. The Kier molecular flexibility index (Phi) is 6.11. The Labute approximate surface area is 280 Å². The fraction of sp³-hybridized carbons (Fsp3) is 0.0417. The highest BCUT2D eigenvalue weighted by atomic mass is 14.3. The van der Waals surface area contributed by atoms with E-state index < -0.39 is 0 Å². The van der Waals surface area contributed by atoms with E-state index in [1.165, 1.54) is 87.3 Å². The summed E-state index contributed by atoms with van der Waals surface area (Å²) in [6, 6.07) is 51.5. The van der Waals surface area contributed by atoms with Gasteiger partial charge in [-0.1, -0.05) is 158 Å². The molecule has 2 atom stereocenters. The third kappa shape index (κ3) is 4.23. The maximum absolute atomic E-state index is 2.44. The second kappa shape index (κ2) is 10.8. The van der Waals surface area contributed by atoms with Gasteiger partial charge in [-0.2, -0.15) is 0 Å². The molecular weight excluding hydrogens is 577 g/mol. The summed E-state index contributed by atoms with van der Waals surface area (Å²) in [5.41, 5.74) is 10.3. The Morgan fingerprint density at radius 1 is 0.333 bits per heavy atom. The number of rotatable bonds is 3. The quantitative estimate of drug-likeness (QED) is 0.175. The van der Waals surface area contributed by atoms with Crippen molar-refractivity contribution in [3.8, 4) is 22.3 Å². The summed E-state index contributed by atoms with van der Waals surface area (Å²) in [7, 11) is 0. The lowest BCUT2D eigenvalue weighted by atomic mass is 9.71. The van der Waals surface area contributed by atoms with Gasteiger partial charge < -0.3 is 0 Å². The average Bonchev–Trinajstić information content (AvgIpc) is 3.18. The predicted octanol–water partition coefficient (Wildman–Crippen LogP) is 10.8. The van der Waals surface area contributed by atoms with Crippen LogP contribution in [0.4, 0.5) is 0 Å². The largest absolute Gasteiger partial charge is 0.0761 e. The van der Waals surface area contributed by atoms with Crippen LogP contribution in [-0.4, -0.2) is 0 Å². The first-order valence-corrected chi connectivity index (χ1v) is 16.9. The van der Waals surface area contributed by atoms with Crippen LogP contribution in [0.25, 0.3) is 71.3 Å². The van der Waals surface area contributed by atoms with Crippen LogP contribution in [0.3, 0.4) is 0 Å². The summed E-state index contributed by atoms with van der Waals surface area (Å²) < 4.78 is 0. The first-order chi connectivity index (χ1) is 23.8. The van der Waals surface area contributed by atoms with Crippen LogP contribution in [0.1, 0.15) is 5.56 Å². The van der Waals surface area contributed by atoms with Crippen molar-refractivity contribution in [3.05, 3.63) is 198 Å². The van der Waals surface area contributed by atoms with Gasteiger partial charge in [-0.05, 0) is 112 Å². The molecule has 0 amide bonds. The Hall–Kier alpha value is -5.98. The molecule has 0 saturated heterocycles. The van der Waals surface area contributed by atoms with E-state index in [-0.39, 0.29) is 0 Å². The van der Waals surface area contributed by atoms with Gasteiger partial charge in [0.2, 0.25) is 0 Å². The van der Waals surface area contributed by atoms with Crippen LogP contribution >= 0.6 is 0 Å². The maximum atomic E-state index is 2.44. The SMILES string of the molecule is C1=CC2=c3ccccc3=C3C=C(c4cccc(-c5cccc(-c6ccc7c8ccccc8c8ccccc8c7c6)c5)c4)C=CC3C2C=C1. The molecule has 0 bridgehead atoms. The number of fused-ring (bicyclic) bond motifs is 10. The first-order valence-electron chi connectivity index (χ1n) is 16.9. The summed E-state index contributed by atoms with van der Waals surface area (Å²) in [6.45, 7) is 0. The minimum absolute atomic E-state index is 0.358. The molecule has 0 heterocycles. The molecule has 0 aliphatic heterocycles. The molecule has 48 heavy (non-hydrogen) atoms. The van der Waals surface area contributed by atoms with Gasteiger partial charge in [0, 0.05) is 11.8 Å². The van der Waals surface area contributed by atoms with Crippen molar-refractivity contribution in [1.82, 2.24) is 0 Å². The summed E-state index contributed by atoms with van der Waals surface area (Å²) in [6.07, 6.45) is 16.2. The van der Waals surface area contributed by atoms with Gasteiger partial charge in [0.25, 0.3) is 0 Å². The molecule has 0 nitrogen and oxygen atoms in total. The second-order valence-corrected chi connectivity index (χ2v) is 13.2. The fourth-order valence-corrected chi connectivity index (χ4v) is 8.34. The number of hydrogen-bond donors (Lipinski definition) is 0. The lowest BCUT2D eigenvalue weighted by molar-refractivity contribution is 0.695. The molecule has 3 aliphatic rings. The van der Waals surface area contributed by atoms with E-state index in [1.54, 1.807) is 0 Å². The minimum atomic E-state index is 0.358. The van der Waals surface area contributed by atoms with E-state index in [4.69, 9.17) is 0 Å². The standard InChI is InChI=1S/C48H32/c1-3-19-41-37(15-1)39-17-5-7-21-43(39)47-29-35(23-25-45(41)47)33-13-9-11-31(27-33)32-12-10-14-34(28-32)36-24-26-46-42-20-4-2-16-38(42)40-18-6-8-22-44(40)48(46)30-36/h1-30,41,45H. The summed E-state index contributed by atoms with van der Waals surface area (Å²) in [5.74, 6) is 0.742. The minimum Gasteiger partial charge on any atom is -0.0761 e. The van der Waals surface area contributed by atoms with Crippen LogP contribution < -0.4 is 10.4 Å². The Bertz CT molecular complexity index is 2690. The normalized spacial score (nSPS) is 17.8. The van der Waals surface area contributed by atoms with Gasteiger partial charge in [0.05, 0.1) is 0 Å². The Balaban J connectivity index is 1.06. The average molecular weight is 609 g/mol. The van der Waals surface area contributed by atoms with Gasteiger partial charge in [-0.3, -0.25) is 0 Å². The topological polar surface area (TPSA) is 0 Å². The van der Waals surface area contributed by atoms with Gasteiger partial charge >= 0.3 is 0 Å². The van der Waals surface area contributed by atoms with Crippen LogP contribution in [0.5, 0.6) is 0 Å². The molecule has 0 radical (unpaired) electrons. The van der Waals surface area contributed by atoms with Crippen LogP contribution in [0, 0.1) is 11.8 Å². The molecule has 224 valence electrons. The molecular formula is C48H32. The molecule has 0 spiro atoms. The van der Waals surface area contributed by atoms with E-state index in [0.29, 0.717) is 11.8 Å². The van der Waals surface area contributed by atoms with Gasteiger partial charge in [-0.15, -0.1) is 0 Å². The van der Waals surface area contributed by atoms with Crippen molar-refractivity contribution >= 4 is 49.0 Å². The smallest absolute Gasteiger partial charge is 0.0131 e. The summed E-state index contributed by atoms with van der Waals surface area (Å²) >= 11 is 0. The van der Waals surface area contributed by atoms with Crippen molar-refractivity contribution < 1.29 is 0 Å². The maximum Gasteiger partial charge on any atom is 0.0131 e. The van der Waals surface area contributed by atoms with Gasteiger partial charge in [0.15, 0.2) is 0 Å². The zero-order chi connectivity index (χ0) is 31.6. The molecule has 2 unspecified atom stereocenters. The van der Waals surface area contributed by atoms with E-state index in [0.717, 1.165) is 0 Å². The highest BCUT2D eigenvalue weighted by molar-refractivity contribution is 6.25. The lowest BCUT2D eigenvalue weighted by Crippen LogP contribution is -2.39. The molecule has 0 fully saturated rings. The fourth-order valence-electron chi connectivity index (χ4n) is 8.34. The lowest BCUT2D eigenvalue weighted by Gasteiger charge is -2.32. The van der Waals surface area contributed by atoms with Crippen molar-refractivity contribution in [3.63, 3.8) is 0 Å². The molecule has 3 aliphatic carbocycles. The van der Waals surface area contributed by atoms with Crippen molar-refractivity contribution in [1.29, 1.82) is 0 Å². The van der Waals surface area contributed by atoms with E-state index >= 15 is 0 Å². The highest BCUT2D eigenvalue weighted by Gasteiger charge is 2.29. The van der Waals surface area contributed by atoms with Crippen LogP contribution in [0.2, 0.25) is 0 Å². The van der Waals surface area contributed by atoms with E-state index in [1.807, 2.05) is 0 Å². The van der Waals surface area contributed by atoms with Crippen LogP contribution in [-0.2, 0) is 0 Å². The predicted molar refractivity (Wildman–Crippen MR) is 205 cm³/mol. The molecule has 7 aromatic carbocycles. The van der Waals surface area contributed by atoms with E-state index in [2.05, 4.69) is 182 Å². The molecule has 0 aromatic heterocycles. The van der Waals surface area contributed by atoms with Gasteiger partial charge in [0.1, 0.15) is 0 Å². The summed E-state index contributed by atoms with van der Waals surface area (Å²) in [5, 5.41) is 10.5. The molecule has 10 rings (SSSR count).